The van der Waals surface area contributed by atoms with Crippen LogP contribution in [0.1, 0.15) is 57.5 Å². The van der Waals surface area contributed by atoms with Gasteiger partial charge in [-0.15, -0.1) is 0 Å². The quantitative estimate of drug-likeness (QED) is 0.476. The minimum absolute atomic E-state index is 0.0465. The highest BCUT2D eigenvalue weighted by atomic mass is 16.5. The zero-order chi connectivity index (χ0) is 29.4. The molecule has 1 aliphatic rings. The topological polar surface area (TPSA) is 118 Å². The van der Waals surface area contributed by atoms with E-state index in [9.17, 15) is 14.4 Å². The minimum Gasteiger partial charge on any atom is -0.497 e. The van der Waals surface area contributed by atoms with Gasteiger partial charge in [0.2, 0.25) is 17.7 Å². The number of carbonyl (C=O) groups excluding carboxylic acids is 3. The second-order valence-corrected chi connectivity index (χ2v) is 10.9. The molecule has 0 aliphatic carbocycles. The summed E-state index contributed by atoms with van der Waals surface area (Å²) < 4.78 is 7.10. The Hall–Kier alpha value is -4.21. The predicted molar refractivity (Wildman–Crippen MR) is 156 cm³/mol. The lowest BCUT2D eigenvalue weighted by molar-refractivity contribution is -0.131. The lowest BCUT2D eigenvalue weighted by Crippen LogP contribution is -2.48. The van der Waals surface area contributed by atoms with Crippen molar-refractivity contribution < 1.29 is 19.1 Å². The molecule has 2 N–H and O–H groups in total. The Morgan fingerprint density at radius 2 is 1.83 bits per heavy atom. The summed E-state index contributed by atoms with van der Waals surface area (Å²) in [6.45, 7) is 7.07. The van der Waals surface area contributed by atoms with Crippen molar-refractivity contribution in [3.05, 3.63) is 66.0 Å². The van der Waals surface area contributed by atoms with Gasteiger partial charge in [0.1, 0.15) is 17.6 Å². The summed E-state index contributed by atoms with van der Waals surface area (Å²) in [5.74, 6) is 1.54. The highest BCUT2D eigenvalue weighted by Gasteiger charge is 2.27. The third-order valence-corrected chi connectivity index (χ3v) is 7.09. The van der Waals surface area contributed by atoms with Crippen LogP contribution in [0.2, 0.25) is 0 Å². The van der Waals surface area contributed by atoms with E-state index in [0.29, 0.717) is 49.9 Å². The molecular formula is C31H40N6O4. The first-order valence-electron chi connectivity index (χ1n) is 14.2. The summed E-state index contributed by atoms with van der Waals surface area (Å²) >= 11 is 0. The molecule has 41 heavy (non-hydrogen) atoms. The highest BCUT2D eigenvalue weighted by Crippen LogP contribution is 2.20. The van der Waals surface area contributed by atoms with Gasteiger partial charge < -0.3 is 20.3 Å². The maximum atomic E-state index is 13.5. The van der Waals surface area contributed by atoms with Gasteiger partial charge in [-0.2, -0.15) is 5.10 Å². The Balaban J connectivity index is 1.63. The molecule has 0 fully saturated rings. The molecule has 2 aromatic carbocycles. The average Bonchev–Trinajstić information content (AvgIpc) is 3.38. The first-order chi connectivity index (χ1) is 19.7. The molecule has 4 rings (SSSR count). The van der Waals surface area contributed by atoms with Crippen LogP contribution in [0.5, 0.6) is 5.75 Å². The van der Waals surface area contributed by atoms with E-state index < -0.39 is 12.1 Å². The van der Waals surface area contributed by atoms with Gasteiger partial charge in [0.25, 0.3) is 0 Å². The predicted octanol–water partition coefficient (Wildman–Crippen LogP) is 3.53. The third-order valence-electron chi connectivity index (χ3n) is 7.09. The molecule has 2 atom stereocenters. The van der Waals surface area contributed by atoms with Gasteiger partial charge in [-0.3, -0.25) is 14.4 Å². The van der Waals surface area contributed by atoms with Crippen molar-refractivity contribution in [2.45, 2.75) is 65.1 Å². The molecule has 0 spiro atoms. The molecule has 0 saturated carbocycles. The van der Waals surface area contributed by atoms with E-state index >= 15 is 0 Å². The second-order valence-electron chi connectivity index (χ2n) is 10.9. The van der Waals surface area contributed by atoms with Crippen molar-refractivity contribution in [3.8, 4) is 17.1 Å². The number of benzene rings is 2. The number of nitrogens with one attached hydrogen (secondary N) is 2. The van der Waals surface area contributed by atoms with Gasteiger partial charge in [-0.1, -0.05) is 56.3 Å². The normalized spacial score (nSPS) is 18.7. The fraction of sp³-hybridized carbons (Fsp3) is 0.452. The van der Waals surface area contributed by atoms with Crippen LogP contribution in [-0.2, 0) is 27.3 Å². The molecule has 0 saturated heterocycles. The number of ether oxygens (including phenoxy) is 1. The average molecular weight is 561 g/mol. The molecule has 2 heterocycles. The Morgan fingerprint density at radius 3 is 2.56 bits per heavy atom. The monoisotopic (exact) mass is 560 g/mol. The van der Waals surface area contributed by atoms with Crippen molar-refractivity contribution in [2.24, 2.45) is 5.92 Å². The number of hydrogen-bond donors (Lipinski definition) is 2. The molecule has 218 valence electrons. The maximum Gasteiger partial charge on any atom is 0.243 e. The molecule has 0 bridgehead atoms. The molecule has 3 aromatic rings. The van der Waals surface area contributed by atoms with Gasteiger partial charge in [-0.25, -0.2) is 9.67 Å². The van der Waals surface area contributed by atoms with Crippen molar-refractivity contribution in [1.29, 1.82) is 0 Å². The van der Waals surface area contributed by atoms with Gasteiger partial charge in [0.15, 0.2) is 5.82 Å². The lowest BCUT2D eigenvalue weighted by Gasteiger charge is -2.26. The SMILES string of the molecule is COc1cccc(CC(=O)N2CCCC(=O)N[C@H](CC(C)C)C(=O)N[C@H](C)c3nc(-c4ccccc4)nn3CC2)c1. The van der Waals surface area contributed by atoms with Crippen LogP contribution >= 0.6 is 0 Å². The summed E-state index contributed by atoms with van der Waals surface area (Å²) in [5.41, 5.74) is 1.71. The number of rotatable bonds is 6. The fourth-order valence-corrected chi connectivity index (χ4v) is 4.97. The summed E-state index contributed by atoms with van der Waals surface area (Å²) in [6.07, 6.45) is 1.41. The van der Waals surface area contributed by atoms with Crippen LogP contribution in [0, 0.1) is 5.92 Å². The highest BCUT2D eigenvalue weighted by molar-refractivity contribution is 5.87. The Bertz CT molecular complexity index is 1340. The summed E-state index contributed by atoms with van der Waals surface area (Å²) in [7, 11) is 1.60. The van der Waals surface area contributed by atoms with E-state index in [2.05, 4.69) is 10.6 Å². The number of hydrogen-bond acceptors (Lipinski definition) is 6. The summed E-state index contributed by atoms with van der Waals surface area (Å²) in [4.78, 5) is 46.2. The van der Waals surface area contributed by atoms with Crippen molar-refractivity contribution in [2.75, 3.05) is 20.2 Å². The minimum atomic E-state index is -0.663. The van der Waals surface area contributed by atoms with Crippen LogP contribution in [-0.4, -0.2) is 63.6 Å². The van der Waals surface area contributed by atoms with Crippen LogP contribution in [0.3, 0.4) is 0 Å². The third kappa shape index (κ3) is 8.15. The molecule has 0 unspecified atom stereocenters. The van der Waals surface area contributed by atoms with Gasteiger partial charge in [-0.05, 0) is 43.4 Å². The second kappa shape index (κ2) is 13.9. The van der Waals surface area contributed by atoms with Crippen LogP contribution < -0.4 is 15.4 Å². The zero-order valence-corrected chi connectivity index (χ0v) is 24.3. The van der Waals surface area contributed by atoms with Gasteiger partial charge in [0.05, 0.1) is 26.1 Å². The number of carbonyl (C=O) groups is 3. The Labute approximate surface area is 241 Å². The zero-order valence-electron chi connectivity index (χ0n) is 24.3. The Morgan fingerprint density at radius 1 is 1.05 bits per heavy atom. The molecule has 1 aromatic heterocycles. The van der Waals surface area contributed by atoms with E-state index in [1.807, 2.05) is 75.4 Å². The number of fused-ring (bicyclic) bond motifs is 1. The number of methoxy groups -OCH3 is 1. The van der Waals surface area contributed by atoms with Crippen molar-refractivity contribution >= 4 is 17.7 Å². The molecule has 0 radical (unpaired) electrons. The van der Waals surface area contributed by atoms with Crippen LogP contribution in [0.15, 0.2) is 54.6 Å². The van der Waals surface area contributed by atoms with E-state index in [-0.39, 0.29) is 36.5 Å². The first kappa shape index (κ1) is 29.8. The molecule has 1 aliphatic heterocycles. The van der Waals surface area contributed by atoms with Crippen molar-refractivity contribution in [1.82, 2.24) is 30.3 Å². The molecule has 3 amide bonds. The molecule has 10 nitrogen and oxygen atoms in total. The molecule has 10 heteroatoms. The molecular weight excluding hydrogens is 520 g/mol. The maximum absolute atomic E-state index is 13.5. The van der Waals surface area contributed by atoms with Gasteiger partial charge in [0, 0.05) is 25.1 Å². The Kier molecular flexibility index (Phi) is 10.1. The fourth-order valence-electron chi connectivity index (χ4n) is 4.97. The first-order valence-corrected chi connectivity index (χ1v) is 14.2. The smallest absolute Gasteiger partial charge is 0.243 e. The van der Waals surface area contributed by atoms with Crippen LogP contribution in [0.25, 0.3) is 11.4 Å². The largest absolute Gasteiger partial charge is 0.497 e. The number of amides is 3. The van der Waals surface area contributed by atoms with E-state index in [0.717, 1.165) is 11.1 Å². The standard InChI is InChI=1S/C31H40N6O4/c1-21(2)18-26-31(40)32-22(3)30-34-29(24-11-6-5-7-12-24)35-37(30)17-16-36(15-9-14-27(38)33-26)28(39)20-23-10-8-13-25(19-23)41-4/h5-8,10-13,19,21-22,26H,9,14-18,20H2,1-4H3,(H,32,40)(H,33,38)/t22-,26-/m1/s1. The number of nitrogens with zero attached hydrogens (tertiary/aromatic N) is 4. The summed E-state index contributed by atoms with van der Waals surface area (Å²) in [6, 6.07) is 16.0. The van der Waals surface area contributed by atoms with E-state index in [1.54, 1.807) is 16.7 Å². The number of aromatic nitrogens is 3. The van der Waals surface area contributed by atoms with Crippen LogP contribution in [0.4, 0.5) is 0 Å². The summed E-state index contributed by atoms with van der Waals surface area (Å²) in [5, 5.41) is 10.7. The van der Waals surface area contributed by atoms with Crippen molar-refractivity contribution in [3.63, 3.8) is 0 Å². The van der Waals surface area contributed by atoms with Gasteiger partial charge >= 0.3 is 0 Å². The van der Waals surface area contributed by atoms with E-state index in [1.165, 1.54) is 0 Å². The lowest BCUT2D eigenvalue weighted by atomic mass is 10.0. The van der Waals surface area contributed by atoms with E-state index in [4.69, 9.17) is 14.8 Å².